The molecule has 1 unspecified atom stereocenters. The fourth-order valence-corrected chi connectivity index (χ4v) is 4.05. The Morgan fingerprint density at radius 1 is 1.05 bits per heavy atom. The van der Waals surface area contributed by atoms with Crippen molar-refractivity contribution in [3.8, 4) is 5.75 Å². The maximum absolute atomic E-state index is 13.0. The standard InChI is InChI=1S/C17H18O4S/c1-12-6-3-4-8-15(12)22(18,19)16-9-5-7-13(2)17(16)21-11-14-10-20-14/h3-9,14H,10-11H2,1-2H3. The van der Waals surface area contributed by atoms with Gasteiger partial charge in [0.2, 0.25) is 9.84 Å². The van der Waals surface area contributed by atoms with Crippen molar-refractivity contribution in [2.24, 2.45) is 0 Å². The molecule has 0 aromatic heterocycles. The van der Waals surface area contributed by atoms with Gasteiger partial charge >= 0.3 is 0 Å². The molecule has 0 aliphatic carbocycles. The van der Waals surface area contributed by atoms with E-state index in [0.717, 1.165) is 11.1 Å². The average molecular weight is 318 g/mol. The van der Waals surface area contributed by atoms with Gasteiger partial charge in [-0.2, -0.15) is 0 Å². The van der Waals surface area contributed by atoms with Crippen LogP contribution >= 0.6 is 0 Å². The minimum Gasteiger partial charge on any atom is -0.489 e. The predicted molar refractivity (Wildman–Crippen MR) is 83.0 cm³/mol. The SMILES string of the molecule is Cc1ccccc1S(=O)(=O)c1cccc(C)c1OCC1CO1. The summed E-state index contributed by atoms with van der Waals surface area (Å²) in [6.45, 7) is 4.69. The summed E-state index contributed by atoms with van der Waals surface area (Å²) in [7, 11) is -3.62. The third kappa shape index (κ3) is 2.87. The summed E-state index contributed by atoms with van der Waals surface area (Å²) in [6, 6.07) is 12.2. The molecule has 4 nitrogen and oxygen atoms in total. The van der Waals surface area contributed by atoms with E-state index in [-0.39, 0.29) is 11.0 Å². The number of hydrogen-bond acceptors (Lipinski definition) is 4. The van der Waals surface area contributed by atoms with Crippen molar-refractivity contribution in [2.45, 2.75) is 29.7 Å². The van der Waals surface area contributed by atoms with E-state index in [2.05, 4.69) is 0 Å². The molecule has 22 heavy (non-hydrogen) atoms. The molecule has 3 rings (SSSR count). The van der Waals surface area contributed by atoms with Gasteiger partial charge in [-0.1, -0.05) is 30.3 Å². The minimum atomic E-state index is -3.62. The Balaban J connectivity index is 2.06. The lowest BCUT2D eigenvalue weighted by Gasteiger charge is -2.15. The van der Waals surface area contributed by atoms with Crippen LogP contribution in [0.1, 0.15) is 11.1 Å². The zero-order valence-corrected chi connectivity index (χ0v) is 13.4. The highest BCUT2D eigenvalue weighted by molar-refractivity contribution is 7.91. The third-order valence-electron chi connectivity index (χ3n) is 3.66. The van der Waals surface area contributed by atoms with Gasteiger partial charge in [0.05, 0.1) is 11.5 Å². The lowest BCUT2D eigenvalue weighted by atomic mass is 10.2. The van der Waals surface area contributed by atoms with Crippen molar-refractivity contribution in [1.82, 2.24) is 0 Å². The molecule has 2 aromatic carbocycles. The van der Waals surface area contributed by atoms with Gasteiger partial charge in [0.15, 0.2) is 0 Å². The number of para-hydroxylation sites is 1. The minimum absolute atomic E-state index is 0.0774. The molecule has 0 bridgehead atoms. The number of benzene rings is 2. The van der Waals surface area contributed by atoms with Crippen molar-refractivity contribution in [3.63, 3.8) is 0 Å². The van der Waals surface area contributed by atoms with E-state index in [1.807, 2.05) is 19.1 Å². The molecular weight excluding hydrogens is 300 g/mol. The largest absolute Gasteiger partial charge is 0.489 e. The second-order valence-corrected chi connectivity index (χ2v) is 7.32. The van der Waals surface area contributed by atoms with Crippen molar-refractivity contribution < 1.29 is 17.9 Å². The van der Waals surface area contributed by atoms with Crippen LogP contribution in [0, 0.1) is 13.8 Å². The molecule has 0 spiro atoms. The van der Waals surface area contributed by atoms with Gasteiger partial charge in [0, 0.05) is 0 Å². The summed E-state index contributed by atoms with van der Waals surface area (Å²) >= 11 is 0. The Labute approximate surface area is 130 Å². The third-order valence-corrected chi connectivity index (χ3v) is 5.60. The summed E-state index contributed by atoms with van der Waals surface area (Å²) < 4.78 is 36.8. The van der Waals surface area contributed by atoms with E-state index in [9.17, 15) is 8.42 Å². The van der Waals surface area contributed by atoms with Crippen LogP contribution in [0.2, 0.25) is 0 Å². The Morgan fingerprint density at radius 2 is 1.68 bits per heavy atom. The van der Waals surface area contributed by atoms with Crippen LogP contribution in [0.15, 0.2) is 52.3 Å². The molecule has 2 aromatic rings. The van der Waals surface area contributed by atoms with Gasteiger partial charge < -0.3 is 9.47 Å². The van der Waals surface area contributed by atoms with Crippen molar-refractivity contribution in [1.29, 1.82) is 0 Å². The first-order chi connectivity index (χ1) is 10.5. The van der Waals surface area contributed by atoms with Gasteiger partial charge in [-0.15, -0.1) is 0 Å². The highest BCUT2D eigenvalue weighted by Crippen LogP contribution is 2.33. The molecule has 1 heterocycles. The van der Waals surface area contributed by atoms with E-state index >= 15 is 0 Å². The van der Waals surface area contributed by atoms with E-state index < -0.39 is 9.84 Å². The fraction of sp³-hybridized carbons (Fsp3) is 0.294. The summed E-state index contributed by atoms with van der Waals surface area (Å²) in [6.07, 6.45) is 0.0774. The van der Waals surface area contributed by atoms with E-state index in [1.165, 1.54) is 0 Å². The van der Waals surface area contributed by atoms with Crippen LogP contribution in [-0.2, 0) is 14.6 Å². The second-order valence-electron chi connectivity index (χ2n) is 5.44. The number of ether oxygens (including phenoxy) is 2. The average Bonchev–Trinajstić information content (AvgIpc) is 3.30. The first-order valence-corrected chi connectivity index (χ1v) is 8.63. The number of aryl methyl sites for hydroxylation is 2. The highest BCUT2D eigenvalue weighted by atomic mass is 32.2. The first-order valence-electron chi connectivity index (χ1n) is 7.15. The lowest BCUT2D eigenvalue weighted by Crippen LogP contribution is -2.11. The molecule has 0 radical (unpaired) electrons. The van der Waals surface area contributed by atoms with E-state index in [0.29, 0.717) is 23.9 Å². The molecule has 1 aliphatic heterocycles. The smallest absolute Gasteiger partial charge is 0.210 e. The second kappa shape index (κ2) is 5.74. The Morgan fingerprint density at radius 3 is 2.36 bits per heavy atom. The van der Waals surface area contributed by atoms with E-state index in [1.54, 1.807) is 37.3 Å². The molecule has 116 valence electrons. The number of rotatable bonds is 5. The predicted octanol–water partition coefficient (Wildman–Crippen LogP) is 2.91. The summed E-state index contributed by atoms with van der Waals surface area (Å²) in [4.78, 5) is 0.524. The fourth-order valence-electron chi connectivity index (χ4n) is 2.34. The van der Waals surface area contributed by atoms with Crippen LogP contribution in [0.3, 0.4) is 0 Å². The quantitative estimate of drug-likeness (QED) is 0.795. The van der Waals surface area contributed by atoms with Gasteiger partial charge in [-0.3, -0.25) is 0 Å². The maximum atomic E-state index is 13.0. The lowest BCUT2D eigenvalue weighted by molar-refractivity contribution is 0.256. The molecule has 1 saturated heterocycles. The van der Waals surface area contributed by atoms with Crippen LogP contribution in [0.5, 0.6) is 5.75 Å². The zero-order chi connectivity index (χ0) is 15.7. The van der Waals surface area contributed by atoms with Gasteiger partial charge in [-0.05, 0) is 37.1 Å². The van der Waals surface area contributed by atoms with Gasteiger partial charge in [0.25, 0.3) is 0 Å². The number of epoxide rings is 1. The Bertz CT molecular complexity index is 792. The molecule has 1 atom stereocenters. The Hall–Kier alpha value is -1.85. The molecule has 1 aliphatic rings. The van der Waals surface area contributed by atoms with Crippen LogP contribution in [-0.4, -0.2) is 27.7 Å². The summed E-state index contributed by atoms with van der Waals surface area (Å²) in [5.41, 5.74) is 1.52. The zero-order valence-electron chi connectivity index (χ0n) is 12.6. The van der Waals surface area contributed by atoms with Crippen molar-refractivity contribution in [3.05, 3.63) is 53.6 Å². The topological polar surface area (TPSA) is 55.9 Å². The van der Waals surface area contributed by atoms with Crippen LogP contribution < -0.4 is 4.74 Å². The monoisotopic (exact) mass is 318 g/mol. The summed E-state index contributed by atoms with van der Waals surface area (Å²) in [5, 5.41) is 0. The van der Waals surface area contributed by atoms with Gasteiger partial charge in [-0.25, -0.2) is 8.42 Å². The molecule has 0 N–H and O–H groups in total. The van der Waals surface area contributed by atoms with Gasteiger partial charge in [0.1, 0.15) is 23.4 Å². The molecular formula is C17H18O4S. The molecule has 0 amide bonds. The normalized spacial score (nSPS) is 17.3. The Kier molecular flexibility index (Phi) is 3.93. The molecule has 5 heteroatoms. The highest BCUT2D eigenvalue weighted by Gasteiger charge is 2.28. The van der Waals surface area contributed by atoms with Crippen molar-refractivity contribution >= 4 is 9.84 Å². The van der Waals surface area contributed by atoms with Crippen LogP contribution in [0.25, 0.3) is 0 Å². The molecule has 1 fully saturated rings. The maximum Gasteiger partial charge on any atom is 0.210 e. The molecule has 0 saturated carbocycles. The van der Waals surface area contributed by atoms with Crippen LogP contribution in [0.4, 0.5) is 0 Å². The number of hydrogen-bond donors (Lipinski definition) is 0. The number of sulfone groups is 1. The van der Waals surface area contributed by atoms with E-state index in [4.69, 9.17) is 9.47 Å². The first kappa shape index (κ1) is 15.1. The van der Waals surface area contributed by atoms with Crippen molar-refractivity contribution in [2.75, 3.05) is 13.2 Å². The summed E-state index contributed by atoms with van der Waals surface area (Å²) in [5.74, 6) is 0.418.